The number of aromatic amines is 1. The Morgan fingerprint density at radius 3 is 2.72 bits per heavy atom. The van der Waals surface area contributed by atoms with Crippen LogP contribution in [0.5, 0.6) is 0 Å². The van der Waals surface area contributed by atoms with Crippen LogP contribution in [0, 0.1) is 0 Å². The van der Waals surface area contributed by atoms with E-state index in [2.05, 4.69) is 41.3 Å². The van der Waals surface area contributed by atoms with Crippen LogP contribution in [0.15, 0.2) is 30.3 Å². The number of hydrogen-bond donors (Lipinski definition) is 5. The molecule has 0 fully saturated rings. The first-order valence-corrected chi connectivity index (χ1v) is 7.86. The highest BCUT2D eigenvalue weighted by atomic mass is 16.2. The number of nitrogens with two attached hydrogens (primary N) is 1. The van der Waals surface area contributed by atoms with Gasteiger partial charge in [0.15, 0.2) is 11.3 Å². The second-order valence-electron chi connectivity index (χ2n) is 5.30. The zero-order chi connectivity index (χ0) is 17.5. The van der Waals surface area contributed by atoms with Gasteiger partial charge in [-0.1, -0.05) is 30.3 Å². The Kier molecular flexibility index (Phi) is 5.19. The van der Waals surface area contributed by atoms with Gasteiger partial charge >= 0.3 is 6.03 Å². The van der Waals surface area contributed by atoms with Crippen molar-refractivity contribution in [2.45, 2.75) is 13.0 Å². The van der Waals surface area contributed by atoms with Gasteiger partial charge in [-0.3, -0.25) is 0 Å². The number of rotatable bonds is 8. The molecule has 0 saturated carbocycles. The van der Waals surface area contributed by atoms with E-state index in [4.69, 9.17) is 5.73 Å². The first-order valence-electron chi connectivity index (χ1n) is 7.86. The summed E-state index contributed by atoms with van der Waals surface area (Å²) in [6.07, 6.45) is 0.694. The molecule has 0 aliphatic heterocycles. The number of anilines is 2. The van der Waals surface area contributed by atoms with Gasteiger partial charge < -0.3 is 21.7 Å². The van der Waals surface area contributed by atoms with Crippen molar-refractivity contribution in [3.05, 3.63) is 35.9 Å². The van der Waals surface area contributed by atoms with Gasteiger partial charge in [-0.05, 0) is 12.0 Å². The van der Waals surface area contributed by atoms with Crippen molar-refractivity contribution in [1.29, 1.82) is 0 Å². The quantitative estimate of drug-likeness (QED) is 0.381. The largest absolute Gasteiger partial charge is 0.368 e. The van der Waals surface area contributed by atoms with Gasteiger partial charge in [0, 0.05) is 19.6 Å². The number of nitrogens with one attached hydrogen (secondary N) is 4. The van der Waals surface area contributed by atoms with Crippen molar-refractivity contribution in [2.75, 3.05) is 23.7 Å². The summed E-state index contributed by atoms with van der Waals surface area (Å²) in [5, 5.41) is 19.5. The van der Waals surface area contributed by atoms with E-state index in [0.29, 0.717) is 49.0 Å². The number of H-pyrrole nitrogens is 1. The normalized spacial score (nSPS) is 10.6. The van der Waals surface area contributed by atoms with Crippen molar-refractivity contribution in [3.8, 4) is 0 Å². The molecule has 0 spiro atoms. The molecule has 0 aliphatic rings. The highest BCUT2D eigenvalue weighted by Crippen LogP contribution is 2.18. The van der Waals surface area contributed by atoms with Gasteiger partial charge in [0.2, 0.25) is 11.6 Å². The molecule has 0 unspecified atom stereocenters. The Morgan fingerprint density at radius 2 is 1.92 bits per heavy atom. The molecule has 2 aromatic heterocycles. The van der Waals surface area contributed by atoms with Crippen molar-refractivity contribution < 1.29 is 4.79 Å². The van der Waals surface area contributed by atoms with Crippen LogP contribution in [0.1, 0.15) is 12.0 Å². The van der Waals surface area contributed by atoms with Gasteiger partial charge in [0.1, 0.15) is 0 Å². The second-order valence-corrected chi connectivity index (χ2v) is 5.30. The molecular weight excluding hydrogens is 322 g/mol. The second kappa shape index (κ2) is 7.90. The van der Waals surface area contributed by atoms with E-state index in [-0.39, 0.29) is 0 Å². The summed E-state index contributed by atoms with van der Waals surface area (Å²) in [5.74, 6) is 1.04. The Balaban J connectivity index is 1.65. The van der Waals surface area contributed by atoms with Gasteiger partial charge in [-0.25, -0.2) is 4.79 Å². The molecule has 10 nitrogen and oxygen atoms in total. The van der Waals surface area contributed by atoms with E-state index in [0.717, 1.165) is 5.56 Å². The topological polar surface area (TPSA) is 147 Å². The van der Waals surface area contributed by atoms with Crippen molar-refractivity contribution >= 4 is 29.0 Å². The average Bonchev–Trinajstić information content (AvgIpc) is 3.09. The lowest BCUT2D eigenvalue weighted by molar-refractivity contribution is 0.249. The fourth-order valence-corrected chi connectivity index (χ4v) is 2.23. The lowest BCUT2D eigenvalue weighted by Gasteiger charge is -2.09. The molecule has 130 valence electrons. The zero-order valence-corrected chi connectivity index (χ0v) is 13.5. The first-order chi connectivity index (χ1) is 12.2. The number of amides is 2. The number of primary amides is 1. The van der Waals surface area contributed by atoms with Gasteiger partial charge in [-0.15, -0.1) is 5.10 Å². The minimum Gasteiger partial charge on any atom is -0.368 e. The Labute approximate surface area is 143 Å². The molecule has 0 bridgehead atoms. The summed E-state index contributed by atoms with van der Waals surface area (Å²) >= 11 is 0. The van der Waals surface area contributed by atoms with Crippen LogP contribution in [-0.2, 0) is 6.54 Å². The standard InChI is InChI=1S/C15H19N9O/c16-14(25)18-8-4-7-17-12-11-13(23-24-22-11)21-15(20-12)19-9-10-5-2-1-3-6-10/h1-3,5-6H,4,7-9H2,(H3,16,18,25)(H3,17,19,20,21,22,23,24). The molecule has 10 heteroatoms. The Bertz CT molecular complexity index is 833. The summed E-state index contributed by atoms with van der Waals surface area (Å²) in [6, 6.07) is 9.43. The molecule has 3 rings (SSSR count). The minimum atomic E-state index is -0.534. The van der Waals surface area contributed by atoms with Crippen LogP contribution in [0.25, 0.3) is 11.2 Å². The zero-order valence-electron chi connectivity index (χ0n) is 13.5. The Morgan fingerprint density at radius 1 is 1.08 bits per heavy atom. The molecule has 0 atom stereocenters. The molecule has 0 aliphatic carbocycles. The summed E-state index contributed by atoms with van der Waals surface area (Å²) in [5.41, 5.74) is 7.19. The van der Waals surface area contributed by atoms with Crippen LogP contribution >= 0.6 is 0 Å². The molecule has 1 aromatic carbocycles. The van der Waals surface area contributed by atoms with E-state index in [1.165, 1.54) is 0 Å². The maximum atomic E-state index is 10.6. The predicted octanol–water partition coefficient (Wildman–Crippen LogP) is 0.830. The van der Waals surface area contributed by atoms with Gasteiger partial charge in [0.05, 0.1) is 0 Å². The third-order valence-electron chi connectivity index (χ3n) is 3.42. The van der Waals surface area contributed by atoms with E-state index < -0.39 is 6.03 Å². The fourth-order valence-electron chi connectivity index (χ4n) is 2.23. The molecule has 3 aromatic rings. The SMILES string of the molecule is NC(=O)NCCCNc1nc(NCc2ccccc2)nc2n[nH]nc12. The maximum absolute atomic E-state index is 10.6. The summed E-state index contributed by atoms with van der Waals surface area (Å²) in [4.78, 5) is 19.4. The monoisotopic (exact) mass is 341 g/mol. The highest BCUT2D eigenvalue weighted by Gasteiger charge is 2.11. The maximum Gasteiger partial charge on any atom is 0.312 e. The van der Waals surface area contributed by atoms with Crippen LogP contribution in [0.2, 0.25) is 0 Å². The molecule has 0 saturated heterocycles. The number of fused-ring (bicyclic) bond motifs is 1. The van der Waals surface area contributed by atoms with Gasteiger partial charge in [-0.2, -0.15) is 20.3 Å². The number of urea groups is 1. The number of carbonyl (C=O) groups is 1. The van der Waals surface area contributed by atoms with Gasteiger partial charge in [0.25, 0.3) is 0 Å². The van der Waals surface area contributed by atoms with E-state index in [1.807, 2.05) is 30.3 Å². The van der Waals surface area contributed by atoms with Crippen LogP contribution in [0.3, 0.4) is 0 Å². The number of carbonyl (C=O) groups excluding carboxylic acids is 1. The third-order valence-corrected chi connectivity index (χ3v) is 3.42. The number of aromatic nitrogens is 5. The van der Waals surface area contributed by atoms with Crippen molar-refractivity contribution in [3.63, 3.8) is 0 Å². The predicted molar refractivity (Wildman–Crippen MR) is 93.9 cm³/mol. The smallest absolute Gasteiger partial charge is 0.312 e. The number of benzene rings is 1. The first kappa shape index (κ1) is 16.4. The molecule has 2 amide bonds. The van der Waals surface area contributed by atoms with Crippen LogP contribution < -0.4 is 21.7 Å². The number of nitrogens with zero attached hydrogens (tertiary/aromatic N) is 4. The van der Waals surface area contributed by atoms with Crippen LogP contribution in [0.4, 0.5) is 16.6 Å². The third kappa shape index (κ3) is 4.53. The Hall–Kier alpha value is -3.43. The van der Waals surface area contributed by atoms with Crippen LogP contribution in [-0.4, -0.2) is 44.5 Å². The van der Waals surface area contributed by atoms with Crippen molar-refractivity contribution in [2.24, 2.45) is 5.73 Å². The molecule has 6 N–H and O–H groups in total. The highest BCUT2D eigenvalue weighted by molar-refractivity contribution is 5.82. The summed E-state index contributed by atoms with van der Waals surface area (Å²) < 4.78 is 0. The molecule has 0 radical (unpaired) electrons. The average molecular weight is 341 g/mol. The molecular formula is C15H19N9O. The molecule has 25 heavy (non-hydrogen) atoms. The van der Waals surface area contributed by atoms with E-state index in [9.17, 15) is 4.79 Å². The summed E-state index contributed by atoms with van der Waals surface area (Å²) in [6.45, 7) is 1.68. The lowest BCUT2D eigenvalue weighted by atomic mass is 10.2. The lowest BCUT2D eigenvalue weighted by Crippen LogP contribution is -2.30. The minimum absolute atomic E-state index is 0.461. The van der Waals surface area contributed by atoms with Crippen molar-refractivity contribution in [1.82, 2.24) is 30.7 Å². The molecule has 2 heterocycles. The summed E-state index contributed by atoms with van der Waals surface area (Å²) in [7, 11) is 0. The van der Waals surface area contributed by atoms with E-state index in [1.54, 1.807) is 0 Å². The number of hydrogen-bond acceptors (Lipinski definition) is 7. The fraction of sp³-hybridized carbons (Fsp3) is 0.267. The van der Waals surface area contributed by atoms with E-state index >= 15 is 0 Å².